The summed E-state index contributed by atoms with van der Waals surface area (Å²) in [4.78, 5) is 27.5. The molecule has 0 amide bonds. The Bertz CT molecular complexity index is 1040. The van der Waals surface area contributed by atoms with Crippen molar-refractivity contribution in [1.82, 2.24) is 15.0 Å². The highest BCUT2D eigenvalue weighted by Crippen LogP contribution is 2.37. The lowest BCUT2D eigenvalue weighted by atomic mass is 10.0. The second-order valence-electron chi connectivity index (χ2n) is 7.03. The summed E-state index contributed by atoms with van der Waals surface area (Å²) in [6.07, 6.45) is 2.24. The molecule has 0 saturated carbocycles. The van der Waals surface area contributed by atoms with E-state index < -0.39 is 0 Å². The maximum atomic E-state index is 11.9. The summed E-state index contributed by atoms with van der Waals surface area (Å²) in [5.41, 5.74) is 3.45. The molecule has 3 aromatic rings. The first kappa shape index (κ1) is 16.9. The Morgan fingerprint density at radius 1 is 1.07 bits per heavy atom. The number of H-pyrrole nitrogens is 1. The number of para-hydroxylation sites is 1. The average Bonchev–Trinajstić information content (AvgIpc) is 3.11. The van der Waals surface area contributed by atoms with Gasteiger partial charge < -0.3 is 19.5 Å². The quantitative estimate of drug-likeness (QED) is 0.549. The highest BCUT2D eigenvalue weighted by atomic mass is 16.6. The Labute approximate surface area is 161 Å². The molecule has 1 saturated heterocycles. The third-order valence-electron chi connectivity index (χ3n) is 5.46. The summed E-state index contributed by atoms with van der Waals surface area (Å²) in [5.74, 6) is 0.756. The lowest BCUT2D eigenvalue weighted by molar-refractivity contribution is -0.383. The molecule has 0 bridgehead atoms. The van der Waals surface area contributed by atoms with E-state index in [2.05, 4.69) is 27.1 Å². The topological polar surface area (TPSA) is 100 Å². The molecule has 2 aliphatic heterocycles. The average molecular weight is 380 g/mol. The van der Waals surface area contributed by atoms with E-state index in [1.165, 1.54) is 17.3 Å². The highest BCUT2D eigenvalue weighted by Gasteiger charge is 2.32. The molecular formula is C19H20N6O3. The summed E-state index contributed by atoms with van der Waals surface area (Å²) in [7, 11) is 0. The SMILES string of the molecule is O=[N+]([O-])c1c(N2CCOCC2)ncnc1N1CCc2c([nH]c3ccccc23)C1. The van der Waals surface area contributed by atoms with Crippen LogP contribution in [-0.4, -0.2) is 52.7 Å². The fourth-order valence-electron chi connectivity index (χ4n) is 4.14. The summed E-state index contributed by atoms with van der Waals surface area (Å²) in [6.45, 7) is 3.49. The van der Waals surface area contributed by atoms with Crippen LogP contribution in [-0.2, 0) is 17.7 Å². The van der Waals surface area contributed by atoms with Crippen LogP contribution in [0, 0.1) is 10.1 Å². The monoisotopic (exact) mass is 380 g/mol. The van der Waals surface area contributed by atoms with Crippen molar-refractivity contribution in [2.24, 2.45) is 0 Å². The van der Waals surface area contributed by atoms with E-state index in [0.717, 1.165) is 17.6 Å². The number of morpholine rings is 1. The molecule has 144 valence electrons. The van der Waals surface area contributed by atoms with E-state index in [1.807, 2.05) is 21.9 Å². The molecular weight excluding hydrogens is 360 g/mol. The zero-order valence-electron chi connectivity index (χ0n) is 15.3. The van der Waals surface area contributed by atoms with Crippen molar-refractivity contribution in [3.63, 3.8) is 0 Å². The van der Waals surface area contributed by atoms with Crippen molar-refractivity contribution in [3.8, 4) is 0 Å². The van der Waals surface area contributed by atoms with Crippen molar-refractivity contribution in [2.45, 2.75) is 13.0 Å². The van der Waals surface area contributed by atoms with Crippen LogP contribution in [0.1, 0.15) is 11.3 Å². The number of rotatable bonds is 3. The number of fused-ring (bicyclic) bond motifs is 3. The second-order valence-corrected chi connectivity index (χ2v) is 7.03. The molecule has 2 aliphatic rings. The number of benzene rings is 1. The zero-order chi connectivity index (χ0) is 19.1. The summed E-state index contributed by atoms with van der Waals surface area (Å²) >= 11 is 0. The molecule has 1 aromatic carbocycles. The molecule has 0 aliphatic carbocycles. The minimum atomic E-state index is -0.360. The number of aromatic nitrogens is 3. The Balaban J connectivity index is 1.53. The molecule has 0 atom stereocenters. The van der Waals surface area contributed by atoms with Crippen LogP contribution in [0.5, 0.6) is 0 Å². The van der Waals surface area contributed by atoms with E-state index in [-0.39, 0.29) is 10.6 Å². The molecule has 9 nitrogen and oxygen atoms in total. The number of hydrogen-bond acceptors (Lipinski definition) is 7. The van der Waals surface area contributed by atoms with Gasteiger partial charge in [0, 0.05) is 36.2 Å². The minimum absolute atomic E-state index is 0.0241. The van der Waals surface area contributed by atoms with Gasteiger partial charge in [0.15, 0.2) is 0 Å². The molecule has 0 unspecified atom stereocenters. The van der Waals surface area contributed by atoms with Gasteiger partial charge in [0.2, 0.25) is 11.6 Å². The van der Waals surface area contributed by atoms with Crippen LogP contribution in [0.3, 0.4) is 0 Å². The van der Waals surface area contributed by atoms with Crippen LogP contribution in [0.25, 0.3) is 10.9 Å². The standard InChI is InChI=1S/C19H20N6O3/c26-25(27)17-18(23-7-9-28-10-8-23)20-12-21-19(17)24-6-5-14-13-3-1-2-4-15(13)22-16(14)11-24/h1-4,12,22H,5-11H2. The third-order valence-corrected chi connectivity index (χ3v) is 5.46. The van der Waals surface area contributed by atoms with Gasteiger partial charge in [-0.05, 0) is 18.1 Å². The van der Waals surface area contributed by atoms with Crippen molar-refractivity contribution in [3.05, 3.63) is 52.0 Å². The van der Waals surface area contributed by atoms with E-state index in [9.17, 15) is 10.1 Å². The van der Waals surface area contributed by atoms with E-state index in [4.69, 9.17) is 4.74 Å². The first-order valence-corrected chi connectivity index (χ1v) is 9.38. The lowest BCUT2D eigenvalue weighted by Gasteiger charge is -2.30. The largest absolute Gasteiger partial charge is 0.378 e. The Kier molecular flexibility index (Phi) is 4.09. The van der Waals surface area contributed by atoms with Crippen LogP contribution in [0.15, 0.2) is 30.6 Å². The predicted octanol–water partition coefficient (Wildman–Crippen LogP) is 2.27. The molecule has 2 aromatic heterocycles. The molecule has 1 N–H and O–H groups in total. The molecule has 5 rings (SSSR count). The summed E-state index contributed by atoms with van der Waals surface area (Å²) in [5, 5.41) is 13.2. The third kappa shape index (κ3) is 2.75. The Hall–Kier alpha value is -3.20. The maximum Gasteiger partial charge on any atom is 0.353 e. The number of aromatic amines is 1. The molecule has 28 heavy (non-hydrogen) atoms. The van der Waals surface area contributed by atoms with Gasteiger partial charge in [0.25, 0.3) is 0 Å². The van der Waals surface area contributed by atoms with Gasteiger partial charge in [0.1, 0.15) is 6.33 Å². The number of nitro groups is 1. The van der Waals surface area contributed by atoms with Crippen LogP contribution >= 0.6 is 0 Å². The van der Waals surface area contributed by atoms with Crippen molar-refractivity contribution in [1.29, 1.82) is 0 Å². The maximum absolute atomic E-state index is 11.9. The van der Waals surface area contributed by atoms with Gasteiger partial charge in [-0.15, -0.1) is 0 Å². The fourth-order valence-corrected chi connectivity index (χ4v) is 4.14. The van der Waals surface area contributed by atoms with Crippen molar-refractivity contribution >= 4 is 28.2 Å². The summed E-state index contributed by atoms with van der Waals surface area (Å²) < 4.78 is 5.37. The van der Waals surface area contributed by atoms with E-state index >= 15 is 0 Å². The van der Waals surface area contributed by atoms with Gasteiger partial charge in [-0.25, -0.2) is 9.97 Å². The number of ether oxygens (including phenoxy) is 1. The molecule has 0 spiro atoms. The van der Waals surface area contributed by atoms with Gasteiger partial charge in [0.05, 0.1) is 24.7 Å². The van der Waals surface area contributed by atoms with E-state index in [0.29, 0.717) is 51.0 Å². The molecule has 4 heterocycles. The molecule has 9 heteroatoms. The first-order chi connectivity index (χ1) is 13.7. The number of nitrogens with zero attached hydrogens (tertiary/aromatic N) is 5. The first-order valence-electron chi connectivity index (χ1n) is 9.38. The normalized spacial score (nSPS) is 17.0. The number of nitrogens with one attached hydrogen (secondary N) is 1. The number of hydrogen-bond donors (Lipinski definition) is 1. The van der Waals surface area contributed by atoms with Crippen LogP contribution in [0.2, 0.25) is 0 Å². The highest BCUT2D eigenvalue weighted by molar-refractivity contribution is 5.85. The van der Waals surface area contributed by atoms with E-state index in [1.54, 1.807) is 0 Å². The van der Waals surface area contributed by atoms with Gasteiger partial charge in [-0.3, -0.25) is 10.1 Å². The van der Waals surface area contributed by atoms with Crippen LogP contribution < -0.4 is 9.80 Å². The van der Waals surface area contributed by atoms with Gasteiger partial charge in [-0.2, -0.15) is 0 Å². The number of anilines is 2. The van der Waals surface area contributed by atoms with Crippen LogP contribution in [0.4, 0.5) is 17.3 Å². The van der Waals surface area contributed by atoms with Crippen molar-refractivity contribution < 1.29 is 9.66 Å². The second kappa shape index (κ2) is 6.75. The Morgan fingerprint density at radius 3 is 2.61 bits per heavy atom. The molecule has 1 fully saturated rings. The zero-order valence-corrected chi connectivity index (χ0v) is 15.3. The van der Waals surface area contributed by atoms with Crippen molar-refractivity contribution in [2.75, 3.05) is 42.6 Å². The summed E-state index contributed by atoms with van der Waals surface area (Å²) in [6, 6.07) is 8.21. The van der Waals surface area contributed by atoms with Gasteiger partial charge in [-0.1, -0.05) is 18.2 Å². The fraction of sp³-hybridized carbons (Fsp3) is 0.368. The Morgan fingerprint density at radius 2 is 1.82 bits per heavy atom. The van der Waals surface area contributed by atoms with Gasteiger partial charge >= 0.3 is 5.69 Å². The smallest absolute Gasteiger partial charge is 0.353 e. The molecule has 0 radical (unpaired) electrons. The predicted molar refractivity (Wildman–Crippen MR) is 105 cm³/mol. The minimum Gasteiger partial charge on any atom is -0.378 e. The lowest BCUT2D eigenvalue weighted by Crippen LogP contribution is -2.38.